The van der Waals surface area contributed by atoms with E-state index in [0.717, 1.165) is 48.3 Å². The van der Waals surface area contributed by atoms with Gasteiger partial charge >= 0.3 is 6.36 Å². The van der Waals surface area contributed by atoms with Crippen LogP contribution < -0.4 is 15.4 Å². The van der Waals surface area contributed by atoms with Crippen molar-refractivity contribution >= 4 is 16.9 Å². The molecule has 1 aliphatic rings. The number of nitrogens with zero attached hydrogens (tertiary/aromatic N) is 2. The summed E-state index contributed by atoms with van der Waals surface area (Å²) in [5.41, 5.74) is 1.18. The maximum Gasteiger partial charge on any atom is 0.573 e. The minimum absolute atomic E-state index is 0.204. The lowest BCUT2D eigenvalue weighted by molar-refractivity contribution is -0.274. The summed E-state index contributed by atoms with van der Waals surface area (Å²) in [7, 11) is 0. The highest BCUT2D eigenvalue weighted by Gasteiger charge is 2.34. The summed E-state index contributed by atoms with van der Waals surface area (Å²) in [6.45, 7) is 1.63. The molecule has 28 heavy (non-hydrogen) atoms. The lowest BCUT2D eigenvalue weighted by Crippen LogP contribution is -2.49. The molecular formula is C19H20F3N5O. The van der Waals surface area contributed by atoms with Gasteiger partial charge in [0.2, 0.25) is 0 Å². The fourth-order valence-corrected chi connectivity index (χ4v) is 3.72. The molecule has 4 rings (SSSR count). The minimum Gasteiger partial charge on any atom is -0.406 e. The fraction of sp³-hybridized carbons (Fsp3) is 0.368. The summed E-state index contributed by atoms with van der Waals surface area (Å²) >= 11 is 0. The van der Waals surface area contributed by atoms with E-state index in [1.54, 1.807) is 12.3 Å². The first-order valence-corrected chi connectivity index (χ1v) is 9.04. The molecule has 1 aliphatic heterocycles. The Hall–Kier alpha value is -2.81. The van der Waals surface area contributed by atoms with Crippen LogP contribution in [0.1, 0.15) is 18.4 Å². The zero-order chi connectivity index (χ0) is 19.6. The van der Waals surface area contributed by atoms with Gasteiger partial charge in [0.25, 0.3) is 0 Å². The lowest BCUT2D eigenvalue weighted by Gasteiger charge is -2.39. The molecule has 6 nitrogen and oxygen atoms in total. The Morgan fingerprint density at radius 2 is 1.96 bits per heavy atom. The van der Waals surface area contributed by atoms with Crippen LogP contribution in [-0.4, -0.2) is 39.9 Å². The van der Waals surface area contributed by atoms with E-state index in [9.17, 15) is 13.2 Å². The van der Waals surface area contributed by atoms with Crippen LogP contribution in [-0.2, 0) is 6.42 Å². The van der Waals surface area contributed by atoms with E-state index in [2.05, 4.69) is 30.3 Å². The van der Waals surface area contributed by atoms with Crippen molar-refractivity contribution in [2.24, 2.45) is 0 Å². The van der Waals surface area contributed by atoms with Crippen molar-refractivity contribution in [2.75, 3.05) is 18.4 Å². The number of benzene rings is 1. The molecule has 3 N–H and O–H groups in total. The number of fused-ring (bicyclic) bond motifs is 1. The Kier molecular flexibility index (Phi) is 4.84. The van der Waals surface area contributed by atoms with Crippen LogP contribution in [0.25, 0.3) is 11.0 Å². The molecule has 0 unspecified atom stereocenters. The number of H-pyrrole nitrogens is 1. The highest BCUT2D eigenvalue weighted by Crippen LogP contribution is 2.32. The second kappa shape index (κ2) is 7.31. The first-order chi connectivity index (χ1) is 13.4. The molecule has 0 spiro atoms. The molecule has 2 aromatic heterocycles. The standard InChI is InChI=1S/C19H20F3N5O/c20-19(21,22)28-14-3-1-2-13(10-14)11-18(5-8-23-9-6-18)27-17-15-4-7-24-16(15)25-12-26-17/h1-4,7,10,12,23H,5-6,8-9,11H2,(H2,24,25,26,27). The summed E-state index contributed by atoms with van der Waals surface area (Å²) in [6.07, 6.45) is 0.773. The predicted molar refractivity (Wildman–Crippen MR) is 99.2 cm³/mol. The Labute approximate surface area is 159 Å². The molecule has 0 saturated carbocycles. The Balaban J connectivity index is 1.61. The van der Waals surface area contributed by atoms with Crippen LogP contribution in [0.4, 0.5) is 19.0 Å². The summed E-state index contributed by atoms with van der Waals surface area (Å²) in [4.78, 5) is 11.7. The van der Waals surface area contributed by atoms with Crippen molar-refractivity contribution < 1.29 is 17.9 Å². The zero-order valence-electron chi connectivity index (χ0n) is 15.0. The van der Waals surface area contributed by atoms with E-state index < -0.39 is 6.36 Å². The number of ether oxygens (including phenoxy) is 1. The SMILES string of the molecule is FC(F)(F)Oc1cccc(CC2(Nc3ncnc4[nH]ccc34)CCNCC2)c1. The zero-order valence-corrected chi connectivity index (χ0v) is 15.0. The largest absolute Gasteiger partial charge is 0.573 e. The lowest BCUT2D eigenvalue weighted by atomic mass is 9.82. The number of hydrogen-bond donors (Lipinski definition) is 3. The van der Waals surface area contributed by atoms with Gasteiger partial charge in [-0.05, 0) is 56.1 Å². The van der Waals surface area contributed by atoms with Crippen molar-refractivity contribution in [1.29, 1.82) is 0 Å². The van der Waals surface area contributed by atoms with Gasteiger partial charge in [0.15, 0.2) is 0 Å². The molecule has 148 valence electrons. The number of rotatable bonds is 5. The minimum atomic E-state index is -4.70. The first-order valence-electron chi connectivity index (χ1n) is 9.04. The van der Waals surface area contributed by atoms with E-state index in [0.29, 0.717) is 6.42 Å². The summed E-state index contributed by atoms with van der Waals surface area (Å²) in [6, 6.07) is 8.07. The quantitative estimate of drug-likeness (QED) is 0.619. The normalized spacial score (nSPS) is 16.8. The molecule has 0 bridgehead atoms. The van der Waals surface area contributed by atoms with E-state index >= 15 is 0 Å². The van der Waals surface area contributed by atoms with Crippen LogP contribution in [0, 0.1) is 0 Å². The molecule has 3 heterocycles. The highest BCUT2D eigenvalue weighted by atomic mass is 19.4. The monoisotopic (exact) mass is 391 g/mol. The van der Waals surface area contributed by atoms with Gasteiger partial charge in [-0.2, -0.15) is 0 Å². The third-order valence-electron chi connectivity index (χ3n) is 4.97. The van der Waals surface area contributed by atoms with Crippen LogP contribution in [0.3, 0.4) is 0 Å². The number of alkyl halides is 3. The van der Waals surface area contributed by atoms with Gasteiger partial charge in [-0.15, -0.1) is 13.2 Å². The van der Waals surface area contributed by atoms with Crippen molar-refractivity contribution in [3.05, 3.63) is 48.4 Å². The first kappa shape index (κ1) is 18.5. The highest BCUT2D eigenvalue weighted by molar-refractivity contribution is 5.87. The van der Waals surface area contributed by atoms with Crippen LogP contribution in [0.2, 0.25) is 0 Å². The van der Waals surface area contributed by atoms with Crippen molar-refractivity contribution in [3.63, 3.8) is 0 Å². The fourth-order valence-electron chi connectivity index (χ4n) is 3.72. The smallest absolute Gasteiger partial charge is 0.406 e. The number of piperidine rings is 1. The molecule has 0 aliphatic carbocycles. The van der Waals surface area contributed by atoms with Gasteiger partial charge in [0.05, 0.1) is 5.39 Å². The topological polar surface area (TPSA) is 74.9 Å². The van der Waals surface area contributed by atoms with Gasteiger partial charge in [-0.3, -0.25) is 0 Å². The van der Waals surface area contributed by atoms with Gasteiger partial charge in [-0.1, -0.05) is 12.1 Å². The maximum absolute atomic E-state index is 12.6. The molecule has 0 radical (unpaired) electrons. The second-order valence-corrected chi connectivity index (χ2v) is 6.99. The summed E-state index contributed by atoms with van der Waals surface area (Å²) in [5.74, 6) is 0.514. The van der Waals surface area contributed by atoms with Crippen molar-refractivity contribution in [1.82, 2.24) is 20.3 Å². The molecule has 1 fully saturated rings. The number of anilines is 1. The van der Waals surface area contributed by atoms with E-state index in [1.165, 1.54) is 18.5 Å². The molecule has 1 aromatic carbocycles. The predicted octanol–water partition coefficient (Wildman–Crippen LogP) is 3.63. The Bertz CT molecular complexity index is 950. The van der Waals surface area contributed by atoms with Crippen LogP contribution in [0.5, 0.6) is 5.75 Å². The van der Waals surface area contributed by atoms with E-state index in [1.807, 2.05) is 12.1 Å². The third-order valence-corrected chi connectivity index (χ3v) is 4.97. The molecule has 0 atom stereocenters. The van der Waals surface area contributed by atoms with E-state index in [-0.39, 0.29) is 11.3 Å². The summed E-state index contributed by atoms with van der Waals surface area (Å²) < 4.78 is 41.7. The average Bonchev–Trinajstić information content (AvgIpc) is 3.11. The molecule has 3 aromatic rings. The Morgan fingerprint density at radius 1 is 1.14 bits per heavy atom. The average molecular weight is 391 g/mol. The second-order valence-electron chi connectivity index (χ2n) is 6.99. The molecule has 9 heteroatoms. The molecular weight excluding hydrogens is 371 g/mol. The number of hydrogen-bond acceptors (Lipinski definition) is 5. The van der Waals surface area contributed by atoms with E-state index in [4.69, 9.17) is 0 Å². The van der Waals surface area contributed by atoms with Crippen molar-refractivity contribution in [3.8, 4) is 5.75 Å². The molecule has 0 amide bonds. The van der Waals surface area contributed by atoms with Crippen molar-refractivity contribution in [2.45, 2.75) is 31.2 Å². The number of aromatic nitrogens is 3. The van der Waals surface area contributed by atoms with Gasteiger partial charge < -0.3 is 20.4 Å². The third kappa shape index (κ3) is 4.19. The Morgan fingerprint density at radius 3 is 2.75 bits per heavy atom. The van der Waals surface area contributed by atoms with Crippen LogP contribution in [0.15, 0.2) is 42.9 Å². The van der Waals surface area contributed by atoms with Gasteiger partial charge in [0, 0.05) is 11.7 Å². The maximum atomic E-state index is 12.6. The number of halogens is 3. The van der Waals surface area contributed by atoms with Crippen LogP contribution >= 0.6 is 0 Å². The number of nitrogens with one attached hydrogen (secondary N) is 3. The summed E-state index contributed by atoms with van der Waals surface area (Å²) in [5, 5.41) is 7.78. The molecule has 1 saturated heterocycles. The number of aromatic amines is 1. The van der Waals surface area contributed by atoms with Gasteiger partial charge in [0.1, 0.15) is 23.5 Å². The van der Waals surface area contributed by atoms with Gasteiger partial charge in [-0.25, -0.2) is 9.97 Å².